The van der Waals surface area contributed by atoms with Crippen LogP contribution in [0.5, 0.6) is 0 Å². The van der Waals surface area contributed by atoms with Gasteiger partial charge in [0.15, 0.2) is 11.5 Å². The Hall–Kier alpha value is -1.39. The second kappa shape index (κ2) is 3.82. The van der Waals surface area contributed by atoms with Crippen LogP contribution in [-0.2, 0) is 0 Å². The van der Waals surface area contributed by atoms with Crippen molar-refractivity contribution in [3.05, 3.63) is 33.8 Å². The van der Waals surface area contributed by atoms with E-state index in [1.807, 2.05) is 25.3 Å². The van der Waals surface area contributed by atoms with Crippen molar-refractivity contribution in [1.29, 1.82) is 0 Å². The van der Waals surface area contributed by atoms with Crippen molar-refractivity contribution in [2.75, 3.05) is 0 Å². The molecule has 0 aromatic carbocycles. The first-order valence-corrected chi connectivity index (χ1v) is 6.48. The van der Waals surface area contributed by atoms with E-state index in [-0.39, 0.29) is 0 Å². The Morgan fingerprint density at radius 2 is 2.12 bits per heavy atom. The van der Waals surface area contributed by atoms with Gasteiger partial charge in [-0.15, -0.1) is 11.3 Å². The lowest BCUT2D eigenvalue weighted by molar-refractivity contribution is 1.31. The van der Waals surface area contributed by atoms with Crippen molar-refractivity contribution in [1.82, 2.24) is 15.0 Å². The van der Waals surface area contributed by atoms with E-state index >= 15 is 0 Å². The van der Waals surface area contributed by atoms with Gasteiger partial charge in [-0.25, -0.2) is 9.97 Å². The molecule has 17 heavy (non-hydrogen) atoms. The molecule has 0 aliphatic rings. The van der Waals surface area contributed by atoms with E-state index in [4.69, 9.17) is 11.6 Å². The van der Waals surface area contributed by atoms with Gasteiger partial charge in [0.25, 0.3) is 0 Å². The lowest BCUT2D eigenvalue weighted by Crippen LogP contribution is -1.78. The van der Waals surface area contributed by atoms with Crippen LogP contribution in [0.25, 0.3) is 21.9 Å². The van der Waals surface area contributed by atoms with E-state index in [0.29, 0.717) is 0 Å². The van der Waals surface area contributed by atoms with Gasteiger partial charge in [0.2, 0.25) is 0 Å². The summed E-state index contributed by atoms with van der Waals surface area (Å²) >= 11 is 7.84. The summed E-state index contributed by atoms with van der Waals surface area (Å²) in [6, 6.07) is 1.96. The predicted molar refractivity (Wildman–Crippen MR) is 71.7 cm³/mol. The summed E-state index contributed by atoms with van der Waals surface area (Å²) in [6.45, 7) is 4.03. The summed E-state index contributed by atoms with van der Waals surface area (Å²) in [6.07, 6.45) is 1.77. The zero-order valence-electron chi connectivity index (χ0n) is 9.41. The number of nitrogens with one attached hydrogen (secondary N) is 1. The molecule has 0 fully saturated rings. The van der Waals surface area contributed by atoms with Crippen LogP contribution >= 0.6 is 22.9 Å². The third-order valence-corrected chi connectivity index (χ3v) is 4.42. The molecule has 0 aliphatic heterocycles. The molecule has 3 aromatic rings. The summed E-state index contributed by atoms with van der Waals surface area (Å²) < 4.78 is 0. The Morgan fingerprint density at radius 1 is 1.29 bits per heavy atom. The van der Waals surface area contributed by atoms with Gasteiger partial charge in [0, 0.05) is 6.20 Å². The van der Waals surface area contributed by atoms with Crippen LogP contribution in [0.2, 0.25) is 5.02 Å². The number of pyridine rings is 1. The third kappa shape index (κ3) is 1.64. The maximum absolute atomic E-state index is 6.24. The van der Waals surface area contributed by atoms with Gasteiger partial charge >= 0.3 is 0 Å². The zero-order chi connectivity index (χ0) is 12.0. The first kappa shape index (κ1) is 10.7. The largest absolute Gasteiger partial charge is 0.336 e. The van der Waals surface area contributed by atoms with Gasteiger partial charge in [-0.2, -0.15) is 0 Å². The topological polar surface area (TPSA) is 41.6 Å². The molecule has 0 saturated heterocycles. The fraction of sp³-hybridized carbons (Fsp3) is 0.167. The Labute approximate surface area is 107 Å². The van der Waals surface area contributed by atoms with Crippen molar-refractivity contribution in [3.8, 4) is 10.7 Å². The van der Waals surface area contributed by atoms with Crippen LogP contribution in [0, 0.1) is 13.8 Å². The van der Waals surface area contributed by atoms with E-state index in [2.05, 4.69) is 15.0 Å². The standard InChI is InChI=1S/C12H10ClN3S/c1-6-3-4-14-11-9(6)15-12(16-11)10-8(13)7(2)5-17-10/h3-5H,1-2H3,(H,14,15,16). The SMILES string of the molecule is Cc1csc(-c2nc3nccc(C)c3[nH]2)c1Cl. The van der Waals surface area contributed by atoms with Crippen molar-refractivity contribution >= 4 is 34.1 Å². The van der Waals surface area contributed by atoms with Gasteiger partial charge in [-0.1, -0.05) is 11.6 Å². The highest BCUT2D eigenvalue weighted by atomic mass is 35.5. The summed E-state index contributed by atoms with van der Waals surface area (Å²) in [5, 5.41) is 2.80. The molecule has 0 radical (unpaired) electrons. The third-order valence-electron chi connectivity index (χ3n) is 2.71. The first-order chi connectivity index (χ1) is 8.16. The van der Waals surface area contributed by atoms with E-state index < -0.39 is 0 Å². The number of nitrogens with zero attached hydrogens (tertiary/aromatic N) is 2. The van der Waals surface area contributed by atoms with Crippen LogP contribution in [0.3, 0.4) is 0 Å². The summed E-state index contributed by atoms with van der Waals surface area (Å²) in [5.41, 5.74) is 3.93. The average Bonchev–Trinajstić information content (AvgIpc) is 2.85. The molecular weight excluding hydrogens is 254 g/mol. The van der Waals surface area contributed by atoms with E-state index in [9.17, 15) is 0 Å². The number of thiophene rings is 1. The highest BCUT2D eigenvalue weighted by Gasteiger charge is 2.13. The molecule has 1 N–H and O–H groups in total. The number of halogens is 1. The Bertz CT molecular complexity index is 699. The molecule has 3 nitrogen and oxygen atoms in total. The van der Waals surface area contributed by atoms with Gasteiger partial charge in [-0.05, 0) is 36.4 Å². The highest BCUT2D eigenvalue weighted by molar-refractivity contribution is 7.14. The molecule has 0 aliphatic carbocycles. The maximum atomic E-state index is 6.24. The Kier molecular flexibility index (Phi) is 2.42. The molecule has 0 amide bonds. The maximum Gasteiger partial charge on any atom is 0.178 e. The molecule has 5 heteroatoms. The van der Waals surface area contributed by atoms with Crippen LogP contribution in [0.4, 0.5) is 0 Å². The number of hydrogen-bond donors (Lipinski definition) is 1. The first-order valence-electron chi connectivity index (χ1n) is 5.22. The number of aromatic amines is 1. The van der Waals surface area contributed by atoms with E-state index in [1.165, 1.54) is 0 Å². The fourth-order valence-corrected chi connectivity index (χ4v) is 2.96. The average molecular weight is 264 g/mol. The monoisotopic (exact) mass is 263 g/mol. The number of aryl methyl sites for hydroxylation is 2. The van der Waals surface area contributed by atoms with Crippen molar-refractivity contribution in [2.45, 2.75) is 13.8 Å². The van der Waals surface area contributed by atoms with E-state index in [0.717, 1.165) is 38.0 Å². The van der Waals surface area contributed by atoms with Crippen molar-refractivity contribution in [3.63, 3.8) is 0 Å². The van der Waals surface area contributed by atoms with Gasteiger partial charge < -0.3 is 4.98 Å². The second-order valence-corrected chi connectivity index (χ2v) is 5.23. The van der Waals surface area contributed by atoms with Crippen molar-refractivity contribution < 1.29 is 0 Å². The molecule has 0 atom stereocenters. The van der Waals surface area contributed by atoms with Crippen LogP contribution in [-0.4, -0.2) is 15.0 Å². The molecule has 0 unspecified atom stereocenters. The predicted octanol–water partition coefficient (Wildman–Crippen LogP) is 3.96. The fourth-order valence-electron chi connectivity index (χ4n) is 1.73. The van der Waals surface area contributed by atoms with Crippen LogP contribution in [0.1, 0.15) is 11.1 Å². The van der Waals surface area contributed by atoms with Gasteiger partial charge in [-0.3, -0.25) is 0 Å². The van der Waals surface area contributed by atoms with Crippen LogP contribution in [0.15, 0.2) is 17.6 Å². The Morgan fingerprint density at radius 3 is 2.76 bits per heavy atom. The molecule has 3 heterocycles. The molecule has 0 bridgehead atoms. The minimum atomic E-state index is 0.738. The minimum absolute atomic E-state index is 0.738. The quantitative estimate of drug-likeness (QED) is 0.722. The van der Waals surface area contributed by atoms with Crippen molar-refractivity contribution in [2.24, 2.45) is 0 Å². The molecule has 0 spiro atoms. The number of aromatic nitrogens is 3. The molecular formula is C12H10ClN3S. The number of H-pyrrole nitrogens is 1. The summed E-state index contributed by atoms with van der Waals surface area (Å²) in [7, 11) is 0. The molecule has 3 aromatic heterocycles. The minimum Gasteiger partial charge on any atom is -0.336 e. The normalized spacial score (nSPS) is 11.2. The van der Waals surface area contributed by atoms with Gasteiger partial charge in [0.05, 0.1) is 15.4 Å². The van der Waals surface area contributed by atoms with Gasteiger partial charge in [0.1, 0.15) is 0 Å². The second-order valence-electron chi connectivity index (χ2n) is 3.97. The smallest absolute Gasteiger partial charge is 0.178 e. The highest BCUT2D eigenvalue weighted by Crippen LogP contribution is 2.35. The lowest BCUT2D eigenvalue weighted by atomic mass is 10.3. The molecule has 0 saturated carbocycles. The summed E-state index contributed by atoms with van der Waals surface area (Å²) in [4.78, 5) is 13.0. The molecule has 3 rings (SSSR count). The number of rotatable bonds is 1. The number of fused-ring (bicyclic) bond motifs is 1. The lowest BCUT2D eigenvalue weighted by Gasteiger charge is -1.92. The zero-order valence-corrected chi connectivity index (χ0v) is 11.0. The van der Waals surface area contributed by atoms with Crippen LogP contribution < -0.4 is 0 Å². The Balaban J connectivity index is 2.25. The van der Waals surface area contributed by atoms with E-state index in [1.54, 1.807) is 17.5 Å². The summed E-state index contributed by atoms with van der Waals surface area (Å²) in [5.74, 6) is 0.796. The molecule has 86 valence electrons. The number of imidazole rings is 1. The number of hydrogen-bond acceptors (Lipinski definition) is 3.